The summed E-state index contributed by atoms with van der Waals surface area (Å²) in [6.07, 6.45) is 0. The van der Waals surface area contributed by atoms with Gasteiger partial charge in [-0.15, -0.1) is 0 Å². The molecule has 0 unspecified atom stereocenters. The Labute approximate surface area is 176 Å². The molecular formula is C23H28N4O3. The first-order valence-electron chi connectivity index (χ1n) is 9.94. The number of amides is 4. The zero-order chi connectivity index (χ0) is 21.9. The van der Waals surface area contributed by atoms with Crippen LogP contribution in [0, 0.1) is 5.41 Å². The van der Waals surface area contributed by atoms with Crippen molar-refractivity contribution in [3.63, 3.8) is 0 Å². The molecule has 4 amide bonds. The third-order valence-electron chi connectivity index (χ3n) is 5.18. The van der Waals surface area contributed by atoms with Crippen LogP contribution in [0.1, 0.15) is 42.3 Å². The Morgan fingerprint density at radius 3 is 2.00 bits per heavy atom. The second-order valence-corrected chi connectivity index (χ2v) is 8.52. The second-order valence-electron chi connectivity index (χ2n) is 8.52. The standard InChI is InChI=1S/C23H28N4O3/c1-23(2,3)19(21(29)24-4)26-20(28)15-9-11-18(12-10-15)25-22(30)27-13-16-7-5-6-8-17(16)14-27/h5-12,19H,13-14H2,1-4H3,(H,24,29)(H,25,30)(H,26,28)/t19-/m1/s1. The molecule has 2 aromatic carbocycles. The van der Waals surface area contributed by atoms with Gasteiger partial charge in [-0.2, -0.15) is 0 Å². The van der Waals surface area contributed by atoms with Crippen LogP contribution in [0.25, 0.3) is 0 Å². The van der Waals surface area contributed by atoms with Gasteiger partial charge < -0.3 is 20.9 Å². The van der Waals surface area contributed by atoms with Gasteiger partial charge in [0.1, 0.15) is 6.04 Å². The molecule has 30 heavy (non-hydrogen) atoms. The van der Waals surface area contributed by atoms with E-state index in [9.17, 15) is 14.4 Å². The van der Waals surface area contributed by atoms with Crippen molar-refractivity contribution >= 4 is 23.5 Å². The molecule has 1 atom stereocenters. The van der Waals surface area contributed by atoms with Crippen LogP contribution in [0.4, 0.5) is 10.5 Å². The first kappa shape index (κ1) is 21.4. The van der Waals surface area contributed by atoms with Crippen molar-refractivity contribution in [2.75, 3.05) is 12.4 Å². The summed E-state index contributed by atoms with van der Waals surface area (Å²) in [5.41, 5.74) is 2.90. The van der Waals surface area contributed by atoms with Crippen molar-refractivity contribution in [1.82, 2.24) is 15.5 Å². The molecule has 1 heterocycles. The molecule has 0 aliphatic carbocycles. The summed E-state index contributed by atoms with van der Waals surface area (Å²) in [5.74, 6) is -0.585. The highest BCUT2D eigenvalue weighted by molar-refractivity contribution is 5.98. The smallest absolute Gasteiger partial charge is 0.322 e. The van der Waals surface area contributed by atoms with Gasteiger partial charge >= 0.3 is 6.03 Å². The predicted octanol–water partition coefficient (Wildman–Crippen LogP) is 3.12. The molecule has 0 bridgehead atoms. The highest BCUT2D eigenvalue weighted by Gasteiger charge is 2.32. The van der Waals surface area contributed by atoms with Crippen molar-refractivity contribution in [2.24, 2.45) is 5.41 Å². The fourth-order valence-corrected chi connectivity index (χ4v) is 3.42. The van der Waals surface area contributed by atoms with E-state index in [1.54, 1.807) is 36.2 Å². The van der Waals surface area contributed by atoms with Gasteiger partial charge in [-0.3, -0.25) is 9.59 Å². The van der Waals surface area contributed by atoms with Crippen molar-refractivity contribution in [3.05, 3.63) is 65.2 Å². The van der Waals surface area contributed by atoms with E-state index >= 15 is 0 Å². The Morgan fingerprint density at radius 2 is 1.50 bits per heavy atom. The lowest BCUT2D eigenvalue weighted by Gasteiger charge is -2.29. The second kappa shape index (κ2) is 8.57. The third-order valence-corrected chi connectivity index (χ3v) is 5.18. The topological polar surface area (TPSA) is 90.5 Å². The summed E-state index contributed by atoms with van der Waals surface area (Å²) in [5, 5.41) is 8.25. The number of anilines is 1. The molecule has 0 fully saturated rings. The largest absolute Gasteiger partial charge is 0.357 e. The minimum absolute atomic E-state index is 0.184. The van der Waals surface area contributed by atoms with Gasteiger partial charge in [-0.1, -0.05) is 45.0 Å². The van der Waals surface area contributed by atoms with E-state index < -0.39 is 11.5 Å². The van der Waals surface area contributed by atoms with E-state index in [1.165, 1.54) is 0 Å². The van der Waals surface area contributed by atoms with E-state index in [4.69, 9.17) is 0 Å². The van der Waals surface area contributed by atoms with Crippen LogP contribution in [0.5, 0.6) is 0 Å². The maximum absolute atomic E-state index is 12.6. The lowest BCUT2D eigenvalue weighted by molar-refractivity contribution is -0.124. The maximum Gasteiger partial charge on any atom is 0.322 e. The van der Waals surface area contributed by atoms with Crippen LogP contribution in [0.15, 0.2) is 48.5 Å². The number of fused-ring (bicyclic) bond motifs is 1. The molecule has 2 aromatic rings. The van der Waals surface area contributed by atoms with E-state index in [2.05, 4.69) is 16.0 Å². The molecular weight excluding hydrogens is 380 g/mol. The third kappa shape index (κ3) is 4.79. The number of hydrogen-bond acceptors (Lipinski definition) is 3. The molecule has 0 saturated carbocycles. The number of benzene rings is 2. The molecule has 3 N–H and O–H groups in total. The summed E-state index contributed by atoms with van der Waals surface area (Å²) < 4.78 is 0. The van der Waals surface area contributed by atoms with Crippen LogP contribution in [0.3, 0.4) is 0 Å². The molecule has 1 aliphatic rings. The molecule has 0 aromatic heterocycles. The summed E-state index contributed by atoms with van der Waals surface area (Å²) in [7, 11) is 1.55. The van der Waals surface area contributed by atoms with Crippen LogP contribution in [-0.4, -0.2) is 35.8 Å². The monoisotopic (exact) mass is 408 g/mol. The number of carbonyl (C=O) groups excluding carboxylic acids is 3. The highest BCUT2D eigenvalue weighted by Crippen LogP contribution is 2.23. The van der Waals surface area contributed by atoms with Crippen LogP contribution >= 0.6 is 0 Å². The first-order chi connectivity index (χ1) is 14.2. The summed E-state index contributed by atoms with van der Waals surface area (Å²) in [4.78, 5) is 39.0. The van der Waals surface area contributed by atoms with Gasteiger partial charge in [-0.05, 0) is 40.8 Å². The number of likely N-dealkylation sites (N-methyl/N-ethyl adjacent to an activating group) is 1. The van der Waals surface area contributed by atoms with E-state index in [-0.39, 0.29) is 17.8 Å². The molecule has 158 valence electrons. The Morgan fingerprint density at radius 1 is 0.933 bits per heavy atom. The highest BCUT2D eigenvalue weighted by atomic mass is 16.2. The quantitative estimate of drug-likeness (QED) is 0.726. The molecule has 1 aliphatic heterocycles. The average Bonchev–Trinajstić information content (AvgIpc) is 3.15. The number of hydrogen-bond donors (Lipinski definition) is 3. The summed E-state index contributed by atoms with van der Waals surface area (Å²) in [6.45, 7) is 6.83. The van der Waals surface area contributed by atoms with Crippen molar-refractivity contribution in [2.45, 2.75) is 39.9 Å². The Balaban J connectivity index is 1.61. The van der Waals surface area contributed by atoms with Crippen molar-refractivity contribution in [1.29, 1.82) is 0 Å². The number of nitrogens with one attached hydrogen (secondary N) is 3. The van der Waals surface area contributed by atoms with Crippen molar-refractivity contribution in [3.8, 4) is 0 Å². The average molecular weight is 409 g/mol. The predicted molar refractivity (Wildman–Crippen MR) is 116 cm³/mol. The summed E-state index contributed by atoms with van der Waals surface area (Å²) >= 11 is 0. The zero-order valence-corrected chi connectivity index (χ0v) is 17.8. The molecule has 7 nitrogen and oxygen atoms in total. The molecule has 0 radical (unpaired) electrons. The fraction of sp³-hybridized carbons (Fsp3) is 0.348. The maximum atomic E-state index is 12.6. The minimum Gasteiger partial charge on any atom is -0.357 e. The number of carbonyl (C=O) groups is 3. The van der Waals surface area contributed by atoms with E-state index in [0.717, 1.165) is 11.1 Å². The van der Waals surface area contributed by atoms with Crippen LogP contribution in [-0.2, 0) is 17.9 Å². The molecule has 7 heteroatoms. The lowest BCUT2D eigenvalue weighted by atomic mass is 9.86. The zero-order valence-electron chi connectivity index (χ0n) is 17.8. The Bertz CT molecular complexity index is 923. The minimum atomic E-state index is -0.661. The Hall–Kier alpha value is -3.35. The van der Waals surface area contributed by atoms with Gasteiger partial charge in [-0.25, -0.2) is 4.79 Å². The number of rotatable bonds is 4. The SMILES string of the molecule is CNC(=O)[C@@H](NC(=O)c1ccc(NC(=O)N2Cc3ccccc3C2)cc1)C(C)(C)C. The number of nitrogens with zero attached hydrogens (tertiary/aromatic N) is 1. The fourth-order valence-electron chi connectivity index (χ4n) is 3.42. The Kier molecular flexibility index (Phi) is 6.10. The molecule has 3 rings (SSSR count). The number of urea groups is 1. The van der Waals surface area contributed by atoms with Crippen molar-refractivity contribution < 1.29 is 14.4 Å². The van der Waals surface area contributed by atoms with Gasteiger partial charge in [0.2, 0.25) is 5.91 Å². The van der Waals surface area contributed by atoms with Gasteiger partial charge in [0.25, 0.3) is 5.91 Å². The van der Waals surface area contributed by atoms with Crippen LogP contribution in [0.2, 0.25) is 0 Å². The van der Waals surface area contributed by atoms with Crippen LogP contribution < -0.4 is 16.0 Å². The summed E-state index contributed by atoms with van der Waals surface area (Å²) in [6, 6.07) is 13.8. The van der Waals surface area contributed by atoms with E-state index in [0.29, 0.717) is 24.3 Å². The van der Waals surface area contributed by atoms with Gasteiger partial charge in [0, 0.05) is 31.4 Å². The first-order valence-corrected chi connectivity index (χ1v) is 9.94. The van der Waals surface area contributed by atoms with E-state index in [1.807, 2.05) is 45.0 Å². The van der Waals surface area contributed by atoms with Gasteiger partial charge in [0.05, 0.1) is 0 Å². The van der Waals surface area contributed by atoms with Gasteiger partial charge in [0.15, 0.2) is 0 Å². The normalized spacial score (nSPS) is 13.9. The molecule has 0 spiro atoms. The molecule has 0 saturated heterocycles. The lowest BCUT2D eigenvalue weighted by Crippen LogP contribution is -2.52.